The van der Waals surface area contributed by atoms with Crippen LogP contribution in [0.15, 0.2) is 36.4 Å². The molecule has 0 unspecified atom stereocenters. The van der Waals surface area contributed by atoms with Gasteiger partial charge in [0.1, 0.15) is 23.6 Å². The van der Waals surface area contributed by atoms with Crippen molar-refractivity contribution in [2.75, 3.05) is 45.8 Å². The van der Waals surface area contributed by atoms with Crippen molar-refractivity contribution in [3.8, 4) is 22.6 Å². The molecule has 222 valence electrons. The highest BCUT2D eigenvalue weighted by molar-refractivity contribution is 5.93. The van der Waals surface area contributed by atoms with Crippen LogP contribution < -0.4 is 32.7 Å². The van der Waals surface area contributed by atoms with Gasteiger partial charge in [-0.3, -0.25) is 19.3 Å². The minimum atomic E-state index is -1.03. The number of amides is 3. The van der Waals surface area contributed by atoms with E-state index in [0.717, 1.165) is 37.3 Å². The largest absolute Gasteiger partial charge is 0.508 e. The minimum Gasteiger partial charge on any atom is -0.508 e. The van der Waals surface area contributed by atoms with Crippen LogP contribution in [0.25, 0.3) is 11.1 Å². The first-order valence-electron chi connectivity index (χ1n) is 14.2. The quantitative estimate of drug-likeness (QED) is 0.205. The summed E-state index contributed by atoms with van der Waals surface area (Å²) in [7, 11) is 0. The van der Waals surface area contributed by atoms with E-state index in [-0.39, 0.29) is 30.8 Å². The van der Waals surface area contributed by atoms with Gasteiger partial charge in [0.15, 0.2) is 0 Å². The number of nitrogens with two attached hydrogens (primary N) is 2. The molecule has 2 aromatic carbocycles. The van der Waals surface area contributed by atoms with E-state index in [1.165, 1.54) is 12.1 Å². The molecular weight excluding hydrogens is 526 g/mol. The molecule has 2 aliphatic heterocycles. The Morgan fingerprint density at radius 1 is 0.951 bits per heavy atom. The summed E-state index contributed by atoms with van der Waals surface area (Å²) in [5.74, 6) is -1.52. The molecular formula is C29H41N7O5. The van der Waals surface area contributed by atoms with Crippen molar-refractivity contribution in [3.05, 3.63) is 47.5 Å². The molecule has 1 fully saturated rings. The fourth-order valence-corrected chi connectivity index (χ4v) is 5.15. The van der Waals surface area contributed by atoms with Crippen molar-refractivity contribution in [1.29, 1.82) is 0 Å². The lowest BCUT2D eigenvalue weighted by atomic mass is 9.95. The summed E-state index contributed by atoms with van der Waals surface area (Å²) >= 11 is 0. The van der Waals surface area contributed by atoms with Crippen molar-refractivity contribution in [3.63, 3.8) is 0 Å². The van der Waals surface area contributed by atoms with E-state index >= 15 is 0 Å². The van der Waals surface area contributed by atoms with Crippen LogP contribution in [0.5, 0.6) is 11.5 Å². The number of rotatable bonds is 7. The predicted molar refractivity (Wildman–Crippen MR) is 155 cm³/mol. The lowest BCUT2D eigenvalue weighted by molar-refractivity contribution is -0.132. The summed E-state index contributed by atoms with van der Waals surface area (Å²) in [4.78, 5) is 42.1. The average molecular weight is 568 g/mol. The molecule has 12 heteroatoms. The van der Waals surface area contributed by atoms with E-state index in [4.69, 9.17) is 11.5 Å². The maximum Gasteiger partial charge on any atom is 0.243 e. The summed E-state index contributed by atoms with van der Waals surface area (Å²) in [6, 6.07) is 7.00. The molecule has 0 spiro atoms. The van der Waals surface area contributed by atoms with Gasteiger partial charge in [0.25, 0.3) is 0 Å². The van der Waals surface area contributed by atoms with Gasteiger partial charge >= 0.3 is 0 Å². The molecule has 12 nitrogen and oxygen atoms in total. The van der Waals surface area contributed by atoms with Crippen molar-refractivity contribution >= 4 is 17.7 Å². The number of carbonyl (C=O) groups excluding carboxylic acids is 3. The Hall–Kier alpha value is -3.71. The number of nitrogens with zero attached hydrogens (tertiary/aromatic N) is 1. The number of nitrogens with one attached hydrogen (secondary N) is 4. The standard InChI is InChI=1S/C29H41N7O5/c30-7-1-2-23-29(41)35-24(28(40)33-10-13-36-11-8-32-9-12-36)17-21-15-19(4-6-26(21)38)18-3-5-25(37)20(14-18)16-22(31)27(39)34-23/h3-6,14-15,22-24,32,37-38H,1-2,7-13,16-17,30-31H2,(H,33,40)(H,34,39)(H,35,41)/t22-,23+,24+/m0/s1. The fourth-order valence-electron chi connectivity index (χ4n) is 5.15. The normalized spacial score (nSPS) is 22.1. The molecule has 1 saturated heterocycles. The number of carbonyl (C=O) groups is 3. The molecule has 10 N–H and O–H groups in total. The first-order valence-corrected chi connectivity index (χ1v) is 14.2. The maximum absolute atomic E-state index is 13.5. The van der Waals surface area contributed by atoms with E-state index in [9.17, 15) is 24.6 Å². The molecule has 3 atom stereocenters. The maximum atomic E-state index is 13.5. The van der Waals surface area contributed by atoms with Crippen molar-refractivity contribution in [1.82, 2.24) is 26.2 Å². The van der Waals surface area contributed by atoms with E-state index < -0.39 is 35.8 Å². The highest BCUT2D eigenvalue weighted by Crippen LogP contribution is 2.30. The average Bonchev–Trinajstić information content (AvgIpc) is 2.97. The van der Waals surface area contributed by atoms with Gasteiger partial charge in [-0.1, -0.05) is 12.1 Å². The van der Waals surface area contributed by atoms with Gasteiger partial charge in [-0.2, -0.15) is 0 Å². The number of piperazine rings is 1. The second-order valence-corrected chi connectivity index (χ2v) is 10.6. The molecule has 2 aliphatic rings. The SMILES string of the molecule is NCCC[C@H]1NC(=O)[C@@H](N)Cc2cc(ccc2O)-c2ccc(O)c(c2)C[C@H](C(=O)NCCN2CCNCC2)NC1=O. The van der Waals surface area contributed by atoms with Gasteiger partial charge in [-0.15, -0.1) is 0 Å². The number of benzene rings is 2. The number of hydrogen-bond donors (Lipinski definition) is 8. The molecule has 0 radical (unpaired) electrons. The van der Waals surface area contributed by atoms with Gasteiger partial charge in [0.05, 0.1) is 6.04 Å². The zero-order valence-electron chi connectivity index (χ0n) is 23.2. The lowest BCUT2D eigenvalue weighted by Gasteiger charge is -2.28. The van der Waals surface area contributed by atoms with Gasteiger partial charge in [-0.05, 0) is 65.9 Å². The number of hydrogen-bond acceptors (Lipinski definition) is 9. The smallest absolute Gasteiger partial charge is 0.243 e. The molecule has 4 bridgehead atoms. The van der Waals surface area contributed by atoms with E-state index in [0.29, 0.717) is 37.2 Å². The Balaban J connectivity index is 1.65. The topological polar surface area (TPSA) is 195 Å². The predicted octanol–water partition coefficient (Wildman–Crippen LogP) is -1.08. The van der Waals surface area contributed by atoms with Gasteiger partial charge in [0, 0.05) is 52.1 Å². The van der Waals surface area contributed by atoms with Crippen LogP contribution in [-0.2, 0) is 27.2 Å². The molecule has 3 amide bonds. The molecule has 0 saturated carbocycles. The second kappa shape index (κ2) is 14.3. The molecule has 0 aliphatic carbocycles. The molecule has 2 aromatic rings. The molecule has 41 heavy (non-hydrogen) atoms. The van der Waals surface area contributed by atoms with Crippen LogP contribution in [0.2, 0.25) is 0 Å². The highest BCUT2D eigenvalue weighted by atomic mass is 16.3. The third-order valence-corrected chi connectivity index (χ3v) is 7.59. The summed E-state index contributed by atoms with van der Waals surface area (Å²) in [6.07, 6.45) is 0.771. The Bertz CT molecular complexity index is 1230. The molecule has 4 rings (SSSR count). The number of phenols is 2. The van der Waals surface area contributed by atoms with Crippen molar-refractivity contribution in [2.24, 2.45) is 11.5 Å². The monoisotopic (exact) mass is 567 g/mol. The van der Waals surface area contributed by atoms with Crippen molar-refractivity contribution < 1.29 is 24.6 Å². The highest BCUT2D eigenvalue weighted by Gasteiger charge is 2.29. The zero-order chi connectivity index (χ0) is 29.4. The van der Waals surface area contributed by atoms with Crippen LogP contribution in [0, 0.1) is 0 Å². The van der Waals surface area contributed by atoms with Crippen LogP contribution in [0.3, 0.4) is 0 Å². The minimum absolute atomic E-state index is 0.00436. The summed E-state index contributed by atoms with van der Waals surface area (Å²) in [5, 5.41) is 32.9. The first kappa shape index (κ1) is 30.3. The van der Waals surface area contributed by atoms with E-state index in [1.54, 1.807) is 24.3 Å². The van der Waals surface area contributed by atoms with Crippen LogP contribution >= 0.6 is 0 Å². The number of phenolic OH excluding ortho intramolecular Hbond substituents is 2. The Morgan fingerprint density at radius 2 is 1.59 bits per heavy atom. The first-order chi connectivity index (χ1) is 19.7. The van der Waals surface area contributed by atoms with E-state index in [1.807, 2.05) is 0 Å². The van der Waals surface area contributed by atoms with Crippen molar-refractivity contribution in [2.45, 2.75) is 43.8 Å². The fraction of sp³-hybridized carbons (Fsp3) is 0.483. The summed E-state index contributed by atoms with van der Waals surface area (Å²) < 4.78 is 0. The van der Waals surface area contributed by atoms with Crippen LogP contribution in [-0.4, -0.2) is 96.8 Å². The van der Waals surface area contributed by atoms with E-state index in [2.05, 4.69) is 26.2 Å². The van der Waals surface area contributed by atoms with Gasteiger partial charge in [-0.25, -0.2) is 0 Å². The molecule has 2 heterocycles. The van der Waals surface area contributed by atoms with Crippen LogP contribution in [0.1, 0.15) is 24.0 Å². The summed E-state index contributed by atoms with van der Waals surface area (Å²) in [6.45, 7) is 4.94. The Labute approximate surface area is 239 Å². The summed E-state index contributed by atoms with van der Waals surface area (Å²) in [5.41, 5.74) is 14.3. The lowest BCUT2D eigenvalue weighted by Crippen LogP contribution is -2.57. The second-order valence-electron chi connectivity index (χ2n) is 10.6. The number of aromatic hydroxyl groups is 2. The molecule has 0 aromatic heterocycles. The Kier molecular flexibility index (Phi) is 10.5. The van der Waals surface area contributed by atoms with Crippen LogP contribution in [0.4, 0.5) is 0 Å². The van der Waals surface area contributed by atoms with Gasteiger partial charge in [0.2, 0.25) is 17.7 Å². The number of fused-ring (bicyclic) bond motifs is 5. The zero-order valence-corrected chi connectivity index (χ0v) is 23.2. The van der Waals surface area contributed by atoms with Gasteiger partial charge < -0.3 is 42.9 Å². The third-order valence-electron chi connectivity index (χ3n) is 7.59. The Morgan fingerprint density at radius 3 is 2.22 bits per heavy atom. The third kappa shape index (κ3) is 8.17.